The molecule has 2 aliphatic rings. The maximum Gasteiger partial charge on any atom is 0.418 e. The maximum absolute atomic E-state index is 13.1. The van der Waals surface area contributed by atoms with Crippen LogP contribution in [0.4, 0.5) is 4.79 Å². The van der Waals surface area contributed by atoms with E-state index in [2.05, 4.69) is 24.0 Å². The second-order valence-corrected chi connectivity index (χ2v) is 11.9. The highest BCUT2D eigenvalue weighted by molar-refractivity contribution is 5.94. The summed E-state index contributed by atoms with van der Waals surface area (Å²) < 4.78 is 18.1. The number of ether oxygens (including phenoxy) is 3. The Kier molecular flexibility index (Phi) is 7.47. The first kappa shape index (κ1) is 27.3. The molecule has 2 fully saturated rings. The van der Waals surface area contributed by atoms with Gasteiger partial charge in [-0.05, 0) is 101 Å². The van der Waals surface area contributed by atoms with Crippen molar-refractivity contribution in [3.05, 3.63) is 64.3 Å². The lowest BCUT2D eigenvalue weighted by atomic mass is 9.91. The Labute approximate surface area is 231 Å². The van der Waals surface area contributed by atoms with E-state index < -0.39 is 5.60 Å². The quantitative estimate of drug-likeness (QED) is 0.315. The highest BCUT2D eigenvalue weighted by atomic mass is 16.6. The Bertz CT molecular complexity index is 1400. The molecule has 39 heavy (non-hydrogen) atoms. The van der Waals surface area contributed by atoms with Crippen LogP contribution in [0, 0.1) is 6.92 Å². The smallest absolute Gasteiger partial charge is 0.418 e. The molecule has 3 aromatic rings. The van der Waals surface area contributed by atoms with Gasteiger partial charge in [-0.3, -0.25) is 9.47 Å². The van der Waals surface area contributed by atoms with Crippen molar-refractivity contribution < 1.29 is 23.8 Å². The van der Waals surface area contributed by atoms with Gasteiger partial charge >= 0.3 is 12.1 Å². The number of carbonyl (C=O) groups is 2. The first-order chi connectivity index (χ1) is 18.6. The van der Waals surface area contributed by atoms with Crippen LogP contribution in [0.3, 0.4) is 0 Å². The first-order valence-electron chi connectivity index (χ1n) is 14.0. The highest BCUT2D eigenvalue weighted by Gasteiger charge is 2.33. The molecule has 1 atom stereocenters. The third-order valence-corrected chi connectivity index (χ3v) is 7.90. The van der Waals surface area contributed by atoms with E-state index in [1.807, 2.05) is 39.1 Å². The third-order valence-electron chi connectivity index (χ3n) is 7.90. The topological polar surface area (TPSA) is 70.0 Å². The minimum atomic E-state index is -0.568. The summed E-state index contributed by atoms with van der Waals surface area (Å²) in [6, 6.07) is 10.2. The second kappa shape index (κ2) is 10.7. The molecule has 0 radical (unpaired) electrons. The fraction of sp³-hybridized carbons (Fsp3) is 0.500. The molecule has 1 aromatic heterocycles. The molecule has 2 heterocycles. The number of fused-ring (bicyclic) bond motifs is 1. The van der Waals surface area contributed by atoms with Crippen LogP contribution in [-0.2, 0) is 16.0 Å². The molecule has 2 aromatic carbocycles. The van der Waals surface area contributed by atoms with Gasteiger partial charge in [0, 0.05) is 29.7 Å². The number of nitrogens with zero attached hydrogens (tertiary/aromatic N) is 2. The summed E-state index contributed by atoms with van der Waals surface area (Å²) in [6.07, 6.45) is 7.20. The zero-order chi connectivity index (χ0) is 27.9. The summed E-state index contributed by atoms with van der Waals surface area (Å²) >= 11 is 0. The van der Waals surface area contributed by atoms with Crippen molar-refractivity contribution in [2.45, 2.75) is 83.9 Å². The van der Waals surface area contributed by atoms with Gasteiger partial charge in [0.15, 0.2) is 0 Å². The number of aryl methyl sites for hydroxylation is 1. The average molecular weight is 533 g/mol. The largest absolute Gasteiger partial charge is 0.496 e. The van der Waals surface area contributed by atoms with Crippen molar-refractivity contribution >= 4 is 23.0 Å². The highest BCUT2D eigenvalue weighted by Crippen LogP contribution is 2.46. The lowest BCUT2D eigenvalue weighted by Gasteiger charge is -2.37. The SMILES string of the molecule is COC(=O)c1ccc([C@@H]2CCCCN2Cc2c(C3CC3)cc(C)c3c2ccn3C(=O)OC(C)(C)C)c(OC)c1. The van der Waals surface area contributed by atoms with Crippen LogP contribution in [0.5, 0.6) is 5.75 Å². The van der Waals surface area contributed by atoms with Crippen LogP contribution in [-0.4, -0.2) is 47.9 Å². The zero-order valence-electron chi connectivity index (χ0n) is 24.0. The number of likely N-dealkylation sites (tertiary alicyclic amines) is 1. The van der Waals surface area contributed by atoms with Crippen LogP contribution in [0.15, 0.2) is 36.5 Å². The van der Waals surface area contributed by atoms with E-state index in [4.69, 9.17) is 14.2 Å². The predicted octanol–water partition coefficient (Wildman–Crippen LogP) is 7.13. The van der Waals surface area contributed by atoms with E-state index in [-0.39, 0.29) is 18.1 Å². The number of methoxy groups -OCH3 is 2. The molecule has 1 aliphatic carbocycles. The van der Waals surface area contributed by atoms with Crippen molar-refractivity contribution in [1.29, 1.82) is 0 Å². The van der Waals surface area contributed by atoms with Gasteiger partial charge in [-0.1, -0.05) is 18.6 Å². The van der Waals surface area contributed by atoms with Gasteiger partial charge in [0.05, 0.1) is 25.3 Å². The van der Waals surface area contributed by atoms with E-state index >= 15 is 0 Å². The van der Waals surface area contributed by atoms with Crippen LogP contribution >= 0.6 is 0 Å². The molecule has 208 valence electrons. The van der Waals surface area contributed by atoms with Crippen molar-refractivity contribution in [2.24, 2.45) is 0 Å². The summed E-state index contributed by atoms with van der Waals surface area (Å²) in [4.78, 5) is 27.8. The Morgan fingerprint density at radius 1 is 1.00 bits per heavy atom. The number of piperidine rings is 1. The number of hydrogen-bond acceptors (Lipinski definition) is 6. The number of hydrogen-bond donors (Lipinski definition) is 0. The van der Waals surface area contributed by atoms with Gasteiger partial charge in [0.2, 0.25) is 0 Å². The standard InChI is InChI=1S/C32H40N2O5/c1-20-17-25(21-10-11-21)26(23-14-16-34(29(20)23)31(36)39-32(2,3)4)19-33-15-8-7-9-27(33)24-13-12-22(30(35)38-6)18-28(24)37-5/h12-14,16-18,21,27H,7-11,15,19H2,1-6H3/t27-/m0/s1. The van der Waals surface area contributed by atoms with Gasteiger partial charge in [-0.25, -0.2) is 9.59 Å². The predicted molar refractivity (Wildman–Crippen MR) is 152 cm³/mol. The molecule has 1 saturated carbocycles. The fourth-order valence-electron chi connectivity index (χ4n) is 5.99. The molecule has 7 heteroatoms. The van der Waals surface area contributed by atoms with Crippen LogP contribution < -0.4 is 4.74 Å². The van der Waals surface area contributed by atoms with Gasteiger partial charge in [-0.15, -0.1) is 0 Å². The first-order valence-corrected chi connectivity index (χ1v) is 14.0. The van der Waals surface area contributed by atoms with E-state index in [1.54, 1.807) is 17.7 Å². The Hall–Kier alpha value is -3.32. The molecule has 0 bridgehead atoms. The monoisotopic (exact) mass is 532 g/mol. The Balaban J connectivity index is 1.55. The van der Waals surface area contributed by atoms with Gasteiger partial charge in [0.25, 0.3) is 0 Å². The minimum Gasteiger partial charge on any atom is -0.496 e. The maximum atomic E-state index is 13.1. The third kappa shape index (κ3) is 5.55. The van der Waals surface area contributed by atoms with Crippen LogP contribution in [0.25, 0.3) is 10.9 Å². The Morgan fingerprint density at radius 3 is 2.44 bits per heavy atom. The van der Waals surface area contributed by atoms with Gasteiger partial charge < -0.3 is 14.2 Å². The molecule has 5 rings (SSSR count). The molecule has 0 N–H and O–H groups in total. The van der Waals surface area contributed by atoms with Crippen LogP contribution in [0.2, 0.25) is 0 Å². The second-order valence-electron chi connectivity index (χ2n) is 11.9. The lowest BCUT2D eigenvalue weighted by Crippen LogP contribution is -2.33. The molecule has 0 spiro atoms. The molecule has 7 nitrogen and oxygen atoms in total. The number of carbonyl (C=O) groups excluding carboxylic acids is 2. The molecule has 0 amide bonds. The zero-order valence-corrected chi connectivity index (χ0v) is 24.0. The minimum absolute atomic E-state index is 0.164. The molecule has 0 unspecified atom stereocenters. The van der Waals surface area contributed by atoms with Crippen molar-refractivity contribution in [3.63, 3.8) is 0 Å². The van der Waals surface area contributed by atoms with Crippen molar-refractivity contribution in [1.82, 2.24) is 9.47 Å². The lowest BCUT2D eigenvalue weighted by molar-refractivity contribution is 0.0542. The van der Waals surface area contributed by atoms with E-state index in [9.17, 15) is 9.59 Å². The summed E-state index contributed by atoms with van der Waals surface area (Å²) in [6.45, 7) is 9.52. The number of esters is 1. The number of benzene rings is 2. The van der Waals surface area contributed by atoms with Crippen LogP contribution in [0.1, 0.15) is 97.4 Å². The number of aromatic nitrogens is 1. The van der Waals surface area contributed by atoms with Crippen molar-refractivity contribution in [2.75, 3.05) is 20.8 Å². The summed E-state index contributed by atoms with van der Waals surface area (Å²) in [7, 11) is 3.04. The normalized spacial score (nSPS) is 18.3. The van der Waals surface area contributed by atoms with Crippen molar-refractivity contribution in [3.8, 4) is 5.75 Å². The van der Waals surface area contributed by atoms with E-state index in [0.29, 0.717) is 17.2 Å². The molecule has 1 saturated heterocycles. The molecule has 1 aliphatic heterocycles. The Morgan fingerprint density at radius 2 is 1.77 bits per heavy atom. The summed E-state index contributed by atoms with van der Waals surface area (Å²) in [5, 5.41) is 1.13. The number of rotatable bonds is 6. The fourth-order valence-corrected chi connectivity index (χ4v) is 5.99. The van der Waals surface area contributed by atoms with Gasteiger partial charge in [-0.2, -0.15) is 0 Å². The van der Waals surface area contributed by atoms with E-state index in [0.717, 1.165) is 54.4 Å². The van der Waals surface area contributed by atoms with Gasteiger partial charge in [0.1, 0.15) is 11.4 Å². The average Bonchev–Trinajstić information content (AvgIpc) is 3.65. The summed E-state index contributed by atoms with van der Waals surface area (Å²) in [5.41, 5.74) is 5.74. The summed E-state index contributed by atoms with van der Waals surface area (Å²) in [5.74, 6) is 0.915. The molecular formula is C32H40N2O5. The molecular weight excluding hydrogens is 492 g/mol. The van der Waals surface area contributed by atoms with E-state index in [1.165, 1.54) is 31.1 Å².